The lowest BCUT2D eigenvalue weighted by atomic mass is 10.1. The smallest absolute Gasteiger partial charge is 0.257 e. The van der Waals surface area contributed by atoms with Crippen LogP contribution in [0.25, 0.3) is 0 Å². The van der Waals surface area contributed by atoms with Crippen molar-refractivity contribution in [1.82, 2.24) is 19.6 Å². The number of hydrogen-bond acceptors (Lipinski definition) is 16. The summed E-state index contributed by atoms with van der Waals surface area (Å²) in [5.74, 6) is 3.72. The van der Waals surface area contributed by atoms with E-state index in [0.717, 1.165) is 67.2 Å². The Hall–Kier alpha value is -9.20. The number of carbonyl (C=O) groups excluding carboxylic acids is 4. The third-order valence-electron chi connectivity index (χ3n) is 15.9. The lowest BCUT2D eigenvalue weighted by molar-refractivity contribution is 0.0769. The van der Waals surface area contributed by atoms with E-state index >= 15 is 0 Å². The lowest BCUT2D eigenvalue weighted by Gasteiger charge is -2.20. The van der Waals surface area contributed by atoms with Gasteiger partial charge in [-0.2, -0.15) is 0 Å². The highest BCUT2D eigenvalue weighted by Crippen LogP contribution is 2.43. The normalized spacial score (nSPS) is 20.0. The molecule has 86 heavy (non-hydrogen) atoms. The van der Waals surface area contributed by atoms with Gasteiger partial charge in [-0.3, -0.25) is 39.1 Å². The molecule has 0 radical (unpaired) electrons. The minimum atomic E-state index is -0.0917. The lowest BCUT2D eigenvalue weighted by Crippen LogP contribution is -2.35. The molecule has 0 unspecified atom stereocenters. The molecule has 0 N–H and O–H groups in total. The number of ether oxygens (including phenoxy) is 8. The maximum atomic E-state index is 13.2. The van der Waals surface area contributed by atoms with Gasteiger partial charge in [-0.25, -0.2) is 0 Å². The average Bonchev–Trinajstić information content (AvgIpc) is 1.90. The van der Waals surface area contributed by atoms with Gasteiger partial charge in [0.1, 0.15) is 0 Å². The molecule has 0 aliphatic carbocycles. The van der Waals surface area contributed by atoms with Crippen LogP contribution in [0.1, 0.15) is 108 Å². The topological polar surface area (TPSA) is 205 Å². The van der Waals surface area contributed by atoms with Gasteiger partial charge in [0.2, 0.25) is 0 Å². The molecule has 8 heterocycles. The molecule has 20 nitrogen and oxygen atoms in total. The molecular formula is C66H76N8O12. The van der Waals surface area contributed by atoms with E-state index in [4.69, 9.17) is 37.9 Å². The van der Waals surface area contributed by atoms with Gasteiger partial charge in [0, 0.05) is 81.7 Å². The standard InChI is InChI=1S/C33H36N4O6.C31H32N4O6.2CH4/c1-20-10-22-16-34-26-14-30(28(40-3)12-24(26)32(38)36(22)18-20)42-8-6-5-7-9-43-31-15-27-25(13-29(31)41-4)33(39)37-19-21(2)11-23(37)17-35-27;1-18-8-20-14-32-24-12-28(26(38-3)10-22(24)30(36)34(20)16-18)40-6-5-7-41-29-13-25-23(11-27(29)39-4)31(37)35-17-19(2)9-21(35)15-33-25;;/h12-17,22-23H,1-2,5-11,18-19H2,3-4H3;10-15,20-21H,1-2,5-9,16-17H2,3-4H3;2*1H4/t22-,23-;20-,21+;;/m0.../s1. The van der Waals surface area contributed by atoms with E-state index in [1.54, 1.807) is 109 Å². The Bertz CT molecular complexity index is 3290. The molecule has 0 spiro atoms. The summed E-state index contributed by atoms with van der Waals surface area (Å²) in [5.41, 5.74) is 8.33. The quantitative estimate of drug-likeness (QED) is 0.0674. The zero-order valence-corrected chi connectivity index (χ0v) is 47.9. The van der Waals surface area contributed by atoms with Crippen molar-refractivity contribution < 1.29 is 57.1 Å². The summed E-state index contributed by atoms with van der Waals surface area (Å²) in [7, 11) is 6.21. The first-order chi connectivity index (χ1) is 40.7. The molecule has 0 aromatic heterocycles. The van der Waals surface area contributed by atoms with Gasteiger partial charge < -0.3 is 57.5 Å². The number of unbranched alkanes of at least 4 members (excludes halogenated alkanes) is 2. The van der Waals surface area contributed by atoms with Crippen LogP contribution >= 0.6 is 0 Å². The van der Waals surface area contributed by atoms with Crippen molar-refractivity contribution in [1.29, 1.82) is 0 Å². The second-order valence-corrected chi connectivity index (χ2v) is 21.8. The SMILES string of the molecule is C.C.C=C1C[C@H]2C=Nc3cc(OCCCCCOc4cc5c(cc4OC)C(=O)N4CC(=C)C[C@H]4C=N5)c(OC)cc3C(=O)N2C1.C=C1C[C@H]2C=Nc3cc(OCCCOc4cc5c(cc4OC)C(=O)N4CC(=C)C[C@@H]4C=N5)c(OC)cc3C(=O)N2C1. The monoisotopic (exact) mass is 1170 g/mol. The summed E-state index contributed by atoms with van der Waals surface area (Å²) >= 11 is 0. The Kier molecular flexibility index (Phi) is 18.8. The molecule has 4 amide bonds. The van der Waals surface area contributed by atoms with Gasteiger partial charge in [-0.1, -0.05) is 63.5 Å². The van der Waals surface area contributed by atoms with Crippen LogP contribution in [-0.4, -0.2) is 173 Å². The average molecular weight is 1170 g/mol. The largest absolute Gasteiger partial charge is 0.493 e. The van der Waals surface area contributed by atoms with Crippen LogP contribution < -0.4 is 37.9 Å². The second kappa shape index (κ2) is 26.4. The van der Waals surface area contributed by atoms with Gasteiger partial charge in [0.15, 0.2) is 46.0 Å². The summed E-state index contributed by atoms with van der Waals surface area (Å²) in [5, 5.41) is 0. The molecule has 0 saturated carbocycles. The van der Waals surface area contributed by atoms with Crippen LogP contribution in [0.4, 0.5) is 22.7 Å². The first kappa shape index (κ1) is 61.4. The number of aliphatic imine (C=N–C) groups is 4. The molecule has 4 aromatic rings. The number of amides is 4. The third-order valence-corrected chi connectivity index (χ3v) is 15.9. The Morgan fingerprint density at radius 2 is 0.593 bits per heavy atom. The molecule has 4 fully saturated rings. The van der Waals surface area contributed by atoms with Crippen molar-refractivity contribution in [2.75, 3.05) is 81.0 Å². The van der Waals surface area contributed by atoms with Crippen LogP contribution in [0.3, 0.4) is 0 Å². The molecule has 4 aromatic carbocycles. The summed E-state index contributed by atoms with van der Waals surface area (Å²) in [6, 6.07) is 13.6. The van der Waals surface area contributed by atoms with Gasteiger partial charge >= 0.3 is 0 Å². The highest BCUT2D eigenvalue weighted by atomic mass is 16.5. The maximum Gasteiger partial charge on any atom is 0.257 e. The van der Waals surface area contributed by atoms with Crippen molar-refractivity contribution >= 4 is 71.2 Å². The Balaban J connectivity index is 0.000000201. The number of hydrogen-bond donors (Lipinski definition) is 0. The first-order valence-corrected chi connectivity index (χ1v) is 28.2. The minimum Gasteiger partial charge on any atom is -0.493 e. The van der Waals surface area contributed by atoms with E-state index in [9.17, 15) is 19.2 Å². The minimum absolute atomic E-state index is 0. The second-order valence-electron chi connectivity index (χ2n) is 21.8. The summed E-state index contributed by atoms with van der Waals surface area (Å²) in [6.07, 6.45) is 13.2. The third kappa shape index (κ3) is 12.5. The highest BCUT2D eigenvalue weighted by Gasteiger charge is 2.38. The van der Waals surface area contributed by atoms with Crippen molar-refractivity contribution in [2.45, 2.75) is 90.4 Å². The van der Waals surface area contributed by atoms with Crippen molar-refractivity contribution in [3.05, 3.63) is 119 Å². The van der Waals surface area contributed by atoms with Crippen molar-refractivity contribution in [3.8, 4) is 46.0 Å². The molecule has 8 aliphatic heterocycles. The fourth-order valence-electron chi connectivity index (χ4n) is 11.6. The molecule has 0 bridgehead atoms. The Morgan fingerprint density at radius 3 is 0.826 bits per heavy atom. The van der Waals surface area contributed by atoms with E-state index in [-0.39, 0.29) is 62.6 Å². The Morgan fingerprint density at radius 1 is 0.360 bits per heavy atom. The number of nitrogens with zero attached hydrogens (tertiary/aromatic N) is 8. The van der Waals surface area contributed by atoms with Gasteiger partial charge in [0.25, 0.3) is 23.6 Å². The molecular weight excluding hydrogens is 1100 g/mol. The fraction of sp³-hybridized carbons (Fsp3) is 0.394. The highest BCUT2D eigenvalue weighted by molar-refractivity contribution is 6.06. The number of carbonyl (C=O) groups is 4. The van der Waals surface area contributed by atoms with Crippen LogP contribution in [-0.2, 0) is 0 Å². The molecule has 12 rings (SSSR count). The van der Waals surface area contributed by atoms with Crippen LogP contribution in [0, 0.1) is 0 Å². The van der Waals surface area contributed by atoms with Crippen molar-refractivity contribution in [3.63, 3.8) is 0 Å². The first-order valence-electron chi connectivity index (χ1n) is 28.2. The molecule has 4 saturated heterocycles. The van der Waals surface area contributed by atoms with E-state index in [0.29, 0.717) is 150 Å². The fourth-order valence-corrected chi connectivity index (χ4v) is 11.6. The summed E-state index contributed by atoms with van der Waals surface area (Å²) in [4.78, 5) is 78.2. The predicted molar refractivity (Wildman–Crippen MR) is 333 cm³/mol. The van der Waals surface area contributed by atoms with Gasteiger partial charge in [0.05, 0.1) is 124 Å². The van der Waals surface area contributed by atoms with E-state index < -0.39 is 0 Å². The summed E-state index contributed by atoms with van der Waals surface area (Å²) < 4.78 is 46.3. The maximum absolute atomic E-state index is 13.2. The molecule has 8 aliphatic rings. The summed E-state index contributed by atoms with van der Waals surface area (Å²) in [6.45, 7) is 19.9. The number of benzene rings is 4. The van der Waals surface area contributed by atoms with E-state index in [1.165, 1.54) is 0 Å². The van der Waals surface area contributed by atoms with E-state index in [2.05, 4.69) is 46.3 Å². The van der Waals surface area contributed by atoms with Gasteiger partial charge in [-0.15, -0.1) is 0 Å². The number of rotatable bonds is 18. The Labute approximate surface area is 502 Å². The zero-order chi connectivity index (χ0) is 58.8. The molecule has 4 atom stereocenters. The zero-order valence-electron chi connectivity index (χ0n) is 47.9. The molecule has 452 valence electrons. The number of fused-ring (bicyclic) bond motifs is 8. The van der Waals surface area contributed by atoms with Crippen LogP contribution in [0.15, 0.2) is 117 Å². The van der Waals surface area contributed by atoms with Gasteiger partial charge in [-0.05, 0) is 69.2 Å². The van der Waals surface area contributed by atoms with Crippen LogP contribution in [0.5, 0.6) is 46.0 Å². The predicted octanol–water partition coefficient (Wildman–Crippen LogP) is 11.1. The molecule has 20 heteroatoms. The van der Waals surface area contributed by atoms with Crippen LogP contribution in [0.2, 0.25) is 0 Å². The van der Waals surface area contributed by atoms with E-state index in [1.807, 2.05) is 12.4 Å². The number of methoxy groups -OCH3 is 4. The van der Waals surface area contributed by atoms with Crippen molar-refractivity contribution in [2.24, 2.45) is 20.0 Å².